The maximum atomic E-state index is 11.8. The molecule has 2 N–H and O–H groups in total. The van der Waals surface area contributed by atoms with Crippen molar-refractivity contribution < 1.29 is 9.53 Å². The molecule has 1 unspecified atom stereocenters. The normalized spacial score (nSPS) is 12.2. The van der Waals surface area contributed by atoms with Crippen LogP contribution in [0.4, 0.5) is 0 Å². The van der Waals surface area contributed by atoms with Crippen LogP contribution in [0, 0.1) is 0 Å². The van der Waals surface area contributed by atoms with Crippen molar-refractivity contribution in [3.63, 3.8) is 0 Å². The van der Waals surface area contributed by atoms with Crippen LogP contribution >= 0.6 is 0 Å². The summed E-state index contributed by atoms with van der Waals surface area (Å²) in [4.78, 5) is 13.5. The first-order chi connectivity index (χ1) is 9.65. The third kappa shape index (κ3) is 6.17. The minimum Gasteiger partial charge on any atom is -0.381 e. The van der Waals surface area contributed by atoms with Crippen LogP contribution in [0.5, 0.6) is 0 Å². The molecule has 4 nitrogen and oxygen atoms in total. The fraction of sp³-hybridized carbons (Fsp3) is 0.562. The third-order valence-corrected chi connectivity index (χ3v) is 3.45. The molecule has 0 saturated heterocycles. The molecule has 1 rings (SSSR count). The van der Waals surface area contributed by atoms with Gasteiger partial charge in [-0.25, -0.2) is 0 Å². The number of likely N-dealkylation sites (N-methyl/N-ethyl adjacent to an activating group) is 1. The van der Waals surface area contributed by atoms with Gasteiger partial charge in [-0.1, -0.05) is 30.3 Å². The number of carbonyl (C=O) groups excluding carboxylic acids is 1. The lowest BCUT2D eigenvalue weighted by Gasteiger charge is -2.23. The lowest BCUT2D eigenvalue weighted by molar-refractivity contribution is -0.131. The Kier molecular flexibility index (Phi) is 7.92. The standard InChI is InChI=1S/C16H26N2O2/c1-14(13-17)18(2)16(19)9-6-11-20-12-10-15-7-4-3-5-8-15/h3-5,7-8,14H,6,9-13,17H2,1-2H3. The summed E-state index contributed by atoms with van der Waals surface area (Å²) in [7, 11) is 1.80. The Hall–Kier alpha value is -1.39. The van der Waals surface area contributed by atoms with Crippen molar-refractivity contribution in [1.82, 2.24) is 4.90 Å². The Morgan fingerprint density at radius 2 is 2.00 bits per heavy atom. The number of hydrogen-bond acceptors (Lipinski definition) is 3. The smallest absolute Gasteiger partial charge is 0.222 e. The Morgan fingerprint density at radius 1 is 1.30 bits per heavy atom. The van der Waals surface area contributed by atoms with Crippen LogP contribution in [0.2, 0.25) is 0 Å². The largest absolute Gasteiger partial charge is 0.381 e. The zero-order valence-corrected chi connectivity index (χ0v) is 12.5. The maximum Gasteiger partial charge on any atom is 0.222 e. The molecule has 0 fully saturated rings. The second-order valence-electron chi connectivity index (χ2n) is 5.04. The van der Waals surface area contributed by atoms with Crippen molar-refractivity contribution in [3.8, 4) is 0 Å². The van der Waals surface area contributed by atoms with Gasteiger partial charge in [0.25, 0.3) is 0 Å². The zero-order chi connectivity index (χ0) is 14.8. The molecule has 1 aromatic carbocycles. The van der Waals surface area contributed by atoms with Crippen molar-refractivity contribution in [2.24, 2.45) is 5.73 Å². The second-order valence-corrected chi connectivity index (χ2v) is 5.04. The van der Waals surface area contributed by atoms with Crippen LogP contribution in [0.1, 0.15) is 25.3 Å². The minimum absolute atomic E-state index is 0.0986. The lowest BCUT2D eigenvalue weighted by Crippen LogP contribution is -2.39. The van der Waals surface area contributed by atoms with E-state index in [4.69, 9.17) is 10.5 Å². The SMILES string of the molecule is CC(CN)N(C)C(=O)CCCOCCc1ccccc1. The zero-order valence-electron chi connectivity index (χ0n) is 12.5. The van der Waals surface area contributed by atoms with E-state index in [1.165, 1.54) is 5.56 Å². The molecule has 0 bridgehead atoms. The first-order valence-corrected chi connectivity index (χ1v) is 7.22. The van der Waals surface area contributed by atoms with Gasteiger partial charge in [0, 0.05) is 32.7 Å². The Balaban J connectivity index is 2.06. The van der Waals surface area contributed by atoms with Gasteiger partial charge in [0.15, 0.2) is 0 Å². The van der Waals surface area contributed by atoms with E-state index in [0.29, 0.717) is 26.2 Å². The average molecular weight is 278 g/mol. The molecule has 0 aromatic heterocycles. The molecule has 1 amide bonds. The molecule has 0 heterocycles. The fourth-order valence-electron chi connectivity index (χ4n) is 1.84. The Morgan fingerprint density at radius 3 is 2.65 bits per heavy atom. The molecular weight excluding hydrogens is 252 g/mol. The average Bonchev–Trinajstić information content (AvgIpc) is 2.49. The molecule has 0 aliphatic carbocycles. The highest BCUT2D eigenvalue weighted by atomic mass is 16.5. The summed E-state index contributed by atoms with van der Waals surface area (Å²) >= 11 is 0. The van der Waals surface area contributed by atoms with Crippen molar-refractivity contribution >= 4 is 5.91 Å². The van der Waals surface area contributed by atoms with Gasteiger partial charge in [-0.05, 0) is 25.3 Å². The molecule has 0 aliphatic rings. The number of hydrogen-bond donors (Lipinski definition) is 1. The highest BCUT2D eigenvalue weighted by molar-refractivity contribution is 5.76. The lowest BCUT2D eigenvalue weighted by atomic mass is 10.2. The molecular formula is C16H26N2O2. The van der Waals surface area contributed by atoms with Crippen LogP contribution in [0.3, 0.4) is 0 Å². The summed E-state index contributed by atoms with van der Waals surface area (Å²) in [5.74, 6) is 0.134. The van der Waals surface area contributed by atoms with Crippen molar-refractivity contribution in [2.45, 2.75) is 32.2 Å². The van der Waals surface area contributed by atoms with Gasteiger partial charge in [-0.2, -0.15) is 0 Å². The van der Waals surface area contributed by atoms with Crippen LogP contribution < -0.4 is 5.73 Å². The molecule has 1 aromatic rings. The number of nitrogens with two attached hydrogens (primary N) is 1. The summed E-state index contributed by atoms with van der Waals surface area (Å²) < 4.78 is 5.56. The van der Waals surface area contributed by atoms with Crippen molar-refractivity contribution in [3.05, 3.63) is 35.9 Å². The molecule has 112 valence electrons. The summed E-state index contributed by atoms with van der Waals surface area (Å²) in [5.41, 5.74) is 6.82. The predicted octanol–water partition coefficient (Wildman–Crippen LogP) is 1.83. The predicted molar refractivity (Wildman–Crippen MR) is 81.5 cm³/mol. The number of carbonyl (C=O) groups is 1. The van der Waals surface area contributed by atoms with E-state index in [1.54, 1.807) is 11.9 Å². The topological polar surface area (TPSA) is 55.6 Å². The maximum absolute atomic E-state index is 11.8. The molecule has 20 heavy (non-hydrogen) atoms. The van der Waals surface area contributed by atoms with Gasteiger partial charge in [0.2, 0.25) is 5.91 Å². The van der Waals surface area contributed by atoms with Gasteiger partial charge in [-0.15, -0.1) is 0 Å². The van der Waals surface area contributed by atoms with Crippen LogP contribution in [0.25, 0.3) is 0 Å². The van der Waals surface area contributed by atoms with E-state index in [-0.39, 0.29) is 11.9 Å². The molecule has 0 aliphatic heterocycles. The van der Waals surface area contributed by atoms with Crippen molar-refractivity contribution in [2.75, 3.05) is 26.8 Å². The van der Waals surface area contributed by atoms with E-state index in [1.807, 2.05) is 25.1 Å². The van der Waals surface area contributed by atoms with E-state index >= 15 is 0 Å². The van der Waals surface area contributed by atoms with Gasteiger partial charge in [-0.3, -0.25) is 4.79 Å². The minimum atomic E-state index is 0.0986. The van der Waals surface area contributed by atoms with Gasteiger partial charge >= 0.3 is 0 Å². The van der Waals surface area contributed by atoms with Crippen molar-refractivity contribution in [1.29, 1.82) is 0 Å². The summed E-state index contributed by atoms with van der Waals surface area (Å²) in [6.07, 6.45) is 2.19. The summed E-state index contributed by atoms with van der Waals surface area (Å²) in [6, 6.07) is 10.4. The van der Waals surface area contributed by atoms with Crippen LogP contribution in [-0.4, -0.2) is 43.7 Å². The number of benzene rings is 1. The third-order valence-electron chi connectivity index (χ3n) is 3.45. The molecule has 1 atom stereocenters. The number of nitrogens with zero attached hydrogens (tertiary/aromatic N) is 1. The highest BCUT2D eigenvalue weighted by Crippen LogP contribution is 2.02. The first kappa shape index (κ1) is 16.7. The quantitative estimate of drug-likeness (QED) is 0.701. The molecule has 0 saturated carbocycles. The molecule has 4 heteroatoms. The fourth-order valence-corrected chi connectivity index (χ4v) is 1.84. The summed E-state index contributed by atoms with van der Waals surface area (Å²) in [5, 5.41) is 0. The number of ether oxygens (including phenoxy) is 1. The van der Waals surface area contributed by atoms with Gasteiger partial charge in [0.05, 0.1) is 6.61 Å². The molecule has 0 radical (unpaired) electrons. The Bertz CT molecular complexity index is 381. The second kappa shape index (κ2) is 9.50. The summed E-state index contributed by atoms with van der Waals surface area (Å²) in [6.45, 7) is 3.78. The van der Waals surface area contributed by atoms with E-state index in [0.717, 1.165) is 12.8 Å². The number of rotatable bonds is 9. The van der Waals surface area contributed by atoms with E-state index < -0.39 is 0 Å². The van der Waals surface area contributed by atoms with Crippen LogP contribution in [0.15, 0.2) is 30.3 Å². The number of amides is 1. The van der Waals surface area contributed by atoms with E-state index in [2.05, 4.69) is 12.1 Å². The van der Waals surface area contributed by atoms with Gasteiger partial charge in [0.1, 0.15) is 0 Å². The van der Waals surface area contributed by atoms with Crippen LogP contribution in [-0.2, 0) is 16.0 Å². The first-order valence-electron chi connectivity index (χ1n) is 7.22. The van der Waals surface area contributed by atoms with Gasteiger partial charge < -0.3 is 15.4 Å². The Labute approximate surface area is 121 Å². The highest BCUT2D eigenvalue weighted by Gasteiger charge is 2.13. The monoisotopic (exact) mass is 278 g/mol. The van der Waals surface area contributed by atoms with E-state index in [9.17, 15) is 4.79 Å². The molecule has 0 spiro atoms.